The molecule has 1 amide bonds. The van der Waals surface area contributed by atoms with Gasteiger partial charge in [0.1, 0.15) is 5.82 Å². The van der Waals surface area contributed by atoms with Crippen molar-refractivity contribution in [2.45, 2.75) is 19.8 Å². The van der Waals surface area contributed by atoms with Crippen molar-refractivity contribution in [3.8, 4) is 0 Å². The first-order valence-electron chi connectivity index (χ1n) is 9.09. The van der Waals surface area contributed by atoms with Gasteiger partial charge < -0.3 is 15.0 Å². The zero-order valence-corrected chi connectivity index (χ0v) is 15.3. The fraction of sp³-hybridized carbons (Fsp3) is 0.333. The monoisotopic (exact) mass is 370 g/mol. The molecule has 1 aliphatic heterocycles. The lowest BCUT2D eigenvalue weighted by Gasteiger charge is -2.32. The summed E-state index contributed by atoms with van der Waals surface area (Å²) in [6.45, 7) is 3.97. The smallest absolute Gasteiger partial charge is 0.338 e. The zero-order valence-electron chi connectivity index (χ0n) is 15.3. The minimum atomic E-state index is -0.667. The van der Waals surface area contributed by atoms with E-state index in [-0.39, 0.29) is 5.56 Å². The Labute approximate surface area is 158 Å². The Bertz CT molecular complexity index is 782. The second-order valence-electron chi connectivity index (χ2n) is 6.85. The molecule has 142 valence electrons. The number of nitrogens with one attached hydrogen (secondary N) is 1. The summed E-state index contributed by atoms with van der Waals surface area (Å²) < 4.78 is 17.8. The van der Waals surface area contributed by atoms with E-state index in [1.165, 1.54) is 37.1 Å². The third kappa shape index (κ3) is 5.29. The normalized spacial score (nSPS) is 14.7. The van der Waals surface area contributed by atoms with E-state index < -0.39 is 24.3 Å². The Morgan fingerprint density at radius 3 is 2.33 bits per heavy atom. The number of carbonyl (C=O) groups is 2. The summed E-state index contributed by atoms with van der Waals surface area (Å²) in [5.74, 6) is -0.755. The number of hydrogen-bond acceptors (Lipinski definition) is 4. The molecule has 0 unspecified atom stereocenters. The number of amides is 1. The highest BCUT2D eigenvalue weighted by atomic mass is 19.1. The van der Waals surface area contributed by atoms with Crippen molar-refractivity contribution in [3.05, 3.63) is 59.9 Å². The van der Waals surface area contributed by atoms with Crippen molar-refractivity contribution >= 4 is 23.3 Å². The first-order valence-corrected chi connectivity index (χ1v) is 9.09. The highest BCUT2D eigenvalue weighted by Crippen LogP contribution is 2.24. The third-order valence-corrected chi connectivity index (χ3v) is 4.71. The van der Waals surface area contributed by atoms with Crippen LogP contribution < -0.4 is 10.2 Å². The summed E-state index contributed by atoms with van der Waals surface area (Å²) in [5, 5.41) is 2.70. The van der Waals surface area contributed by atoms with E-state index >= 15 is 0 Å². The molecule has 2 aromatic carbocycles. The van der Waals surface area contributed by atoms with Gasteiger partial charge in [0, 0.05) is 24.5 Å². The van der Waals surface area contributed by atoms with Crippen molar-refractivity contribution in [3.63, 3.8) is 0 Å². The van der Waals surface area contributed by atoms with Crippen LogP contribution in [0.15, 0.2) is 48.5 Å². The minimum Gasteiger partial charge on any atom is -0.452 e. The van der Waals surface area contributed by atoms with Gasteiger partial charge in [-0.15, -0.1) is 0 Å². The molecule has 0 atom stereocenters. The maximum atomic E-state index is 12.9. The van der Waals surface area contributed by atoms with Gasteiger partial charge in [-0.1, -0.05) is 6.92 Å². The summed E-state index contributed by atoms with van der Waals surface area (Å²) in [6, 6.07) is 12.6. The molecule has 0 bridgehead atoms. The molecule has 1 aliphatic rings. The van der Waals surface area contributed by atoms with Crippen molar-refractivity contribution < 1.29 is 18.7 Å². The van der Waals surface area contributed by atoms with E-state index in [0.717, 1.165) is 24.7 Å². The molecule has 2 aromatic rings. The van der Waals surface area contributed by atoms with E-state index in [9.17, 15) is 14.0 Å². The molecule has 0 spiro atoms. The van der Waals surface area contributed by atoms with E-state index in [4.69, 9.17) is 4.74 Å². The van der Waals surface area contributed by atoms with Gasteiger partial charge in [0.05, 0.1) is 5.56 Å². The molecular weight excluding hydrogens is 347 g/mol. The van der Waals surface area contributed by atoms with Crippen LogP contribution in [0.1, 0.15) is 30.1 Å². The molecule has 1 heterocycles. The van der Waals surface area contributed by atoms with Crippen molar-refractivity contribution in [2.75, 3.05) is 29.9 Å². The number of carbonyl (C=O) groups excluding carboxylic acids is 2. The highest BCUT2D eigenvalue weighted by molar-refractivity contribution is 5.95. The first kappa shape index (κ1) is 18.9. The fourth-order valence-corrected chi connectivity index (χ4v) is 3.02. The summed E-state index contributed by atoms with van der Waals surface area (Å²) >= 11 is 0. The number of benzene rings is 2. The molecule has 0 aliphatic carbocycles. The van der Waals surface area contributed by atoms with Gasteiger partial charge in [0.15, 0.2) is 6.61 Å². The molecule has 1 fully saturated rings. The maximum Gasteiger partial charge on any atom is 0.338 e. The number of anilines is 2. The van der Waals surface area contributed by atoms with E-state index in [1.54, 1.807) is 0 Å². The average Bonchev–Trinajstić information content (AvgIpc) is 2.68. The van der Waals surface area contributed by atoms with Gasteiger partial charge in [-0.25, -0.2) is 9.18 Å². The van der Waals surface area contributed by atoms with Crippen LogP contribution in [0.25, 0.3) is 0 Å². The first-order chi connectivity index (χ1) is 13.0. The number of nitrogens with zero attached hydrogens (tertiary/aromatic N) is 1. The van der Waals surface area contributed by atoms with Crippen LogP contribution in [0.2, 0.25) is 0 Å². The summed E-state index contributed by atoms with van der Waals surface area (Å²) in [5.41, 5.74) is 1.99. The van der Waals surface area contributed by atoms with Crippen LogP contribution in [-0.2, 0) is 9.53 Å². The number of piperidine rings is 1. The van der Waals surface area contributed by atoms with Crippen molar-refractivity contribution in [1.82, 2.24) is 0 Å². The Morgan fingerprint density at radius 1 is 1.07 bits per heavy atom. The summed E-state index contributed by atoms with van der Waals surface area (Å²) in [4.78, 5) is 26.1. The highest BCUT2D eigenvalue weighted by Gasteiger charge is 2.16. The van der Waals surface area contributed by atoms with Gasteiger partial charge in [-0.3, -0.25) is 4.79 Å². The Kier molecular flexibility index (Phi) is 6.06. The predicted molar refractivity (Wildman–Crippen MR) is 102 cm³/mol. The molecule has 1 N–H and O–H groups in total. The van der Waals surface area contributed by atoms with E-state index in [1.807, 2.05) is 24.3 Å². The number of esters is 1. The van der Waals surface area contributed by atoms with Crippen LogP contribution >= 0.6 is 0 Å². The summed E-state index contributed by atoms with van der Waals surface area (Å²) in [6.07, 6.45) is 2.38. The zero-order chi connectivity index (χ0) is 19.2. The quantitative estimate of drug-likeness (QED) is 0.812. The lowest BCUT2D eigenvalue weighted by Crippen LogP contribution is -2.32. The van der Waals surface area contributed by atoms with E-state index in [0.29, 0.717) is 5.69 Å². The number of rotatable bonds is 5. The van der Waals surface area contributed by atoms with Gasteiger partial charge in [0.25, 0.3) is 5.91 Å². The topological polar surface area (TPSA) is 58.6 Å². The lowest BCUT2D eigenvalue weighted by atomic mass is 9.99. The second-order valence-corrected chi connectivity index (χ2v) is 6.85. The molecule has 6 heteroatoms. The minimum absolute atomic E-state index is 0.199. The van der Waals surface area contributed by atoms with Crippen molar-refractivity contribution in [1.29, 1.82) is 0 Å². The SMILES string of the molecule is CC1CCN(c2ccc(NC(=O)COC(=O)c3ccc(F)cc3)cc2)CC1. The molecule has 0 aromatic heterocycles. The summed E-state index contributed by atoms with van der Waals surface area (Å²) in [7, 11) is 0. The molecule has 1 saturated heterocycles. The maximum absolute atomic E-state index is 12.9. The average molecular weight is 370 g/mol. The van der Waals surface area contributed by atoms with Crippen LogP contribution in [0, 0.1) is 11.7 Å². The van der Waals surface area contributed by atoms with Crippen LogP contribution in [0.4, 0.5) is 15.8 Å². The van der Waals surface area contributed by atoms with Gasteiger partial charge in [-0.05, 0) is 67.3 Å². The molecule has 0 saturated carbocycles. The molecular formula is C21H23FN2O3. The van der Waals surface area contributed by atoms with Crippen LogP contribution in [0.5, 0.6) is 0 Å². The van der Waals surface area contributed by atoms with Gasteiger partial charge >= 0.3 is 5.97 Å². The lowest BCUT2D eigenvalue weighted by molar-refractivity contribution is -0.119. The van der Waals surface area contributed by atoms with Crippen LogP contribution in [0.3, 0.4) is 0 Å². The number of halogens is 1. The fourth-order valence-electron chi connectivity index (χ4n) is 3.02. The predicted octanol–water partition coefficient (Wildman–Crippen LogP) is 3.86. The van der Waals surface area contributed by atoms with E-state index in [2.05, 4.69) is 17.1 Å². The largest absolute Gasteiger partial charge is 0.452 e. The van der Waals surface area contributed by atoms with Gasteiger partial charge in [-0.2, -0.15) is 0 Å². The molecule has 0 radical (unpaired) electrons. The Balaban J connectivity index is 1.47. The Hall–Kier alpha value is -2.89. The molecule has 27 heavy (non-hydrogen) atoms. The van der Waals surface area contributed by atoms with Gasteiger partial charge in [0.2, 0.25) is 0 Å². The molecule has 3 rings (SSSR count). The Morgan fingerprint density at radius 2 is 1.70 bits per heavy atom. The number of hydrogen-bond donors (Lipinski definition) is 1. The third-order valence-electron chi connectivity index (χ3n) is 4.71. The van der Waals surface area contributed by atoms with Crippen molar-refractivity contribution in [2.24, 2.45) is 5.92 Å². The molecule has 5 nitrogen and oxygen atoms in total. The standard InChI is InChI=1S/C21H23FN2O3/c1-15-10-12-24(13-11-15)19-8-6-18(7-9-19)23-20(25)14-27-21(26)16-2-4-17(22)5-3-16/h2-9,15H,10-14H2,1H3,(H,23,25). The second kappa shape index (κ2) is 8.66. The van der Waals surface area contributed by atoms with Crippen LogP contribution in [-0.4, -0.2) is 31.6 Å². The number of ether oxygens (including phenoxy) is 1.